The number of fused-ring (bicyclic) bond motifs is 1. The number of hydrogen-bond donors (Lipinski definition) is 2. The van der Waals surface area contributed by atoms with Crippen LogP contribution >= 0.6 is 0 Å². The molecule has 7 heteroatoms. The second kappa shape index (κ2) is 8.94. The van der Waals surface area contributed by atoms with Gasteiger partial charge in [-0.1, -0.05) is 25.1 Å². The monoisotopic (exact) mass is 438 g/mol. The van der Waals surface area contributed by atoms with Crippen molar-refractivity contribution in [2.24, 2.45) is 0 Å². The van der Waals surface area contributed by atoms with Gasteiger partial charge in [0.2, 0.25) is 0 Å². The van der Waals surface area contributed by atoms with Gasteiger partial charge in [0.25, 0.3) is 5.91 Å². The fourth-order valence-corrected chi connectivity index (χ4v) is 3.88. The largest absolute Gasteiger partial charge is 0.369 e. The van der Waals surface area contributed by atoms with Crippen molar-refractivity contribution in [3.8, 4) is 11.3 Å². The molecule has 0 bridgehead atoms. The molecule has 0 spiro atoms. The quantitative estimate of drug-likeness (QED) is 0.441. The van der Waals surface area contributed by atoms with Gasteiger partial charge in [-0.05, 0) is 43.5 Å². The van der Waals surface area contributed by atoms with Gasteiger partial charge in [-0.25, -0.2) is 9.97 Å². The van der Waals surface area contributed by atoms with E-state index in [1.807, 2.05) is 43.5 Å². The molecule has 0 radical (unpaired) electrons. The maximum atomic E-state index is 12.7. The molecular formula is C26H26N6O. The van der Waals surface area contributed by atoms with E-state index in [0.29, 0.717) is 18.2 Å². The van der Waals surface area contributed by atoms with Crippen molar-refractivity contribution in [2.45, 2.75) is 38.6 Å². The summed E-state index contributed by atoms with van der Waals surface area (Å²) in [6.45, 7) is 4.77. The zero-order valence-corrected chi connectivity index (χ0v) is 18.7. The van der Waals surface area contributed by atoms with Gasteiger partial charge in [-0.3, -0.25) is 14.8 Å². The molecule has 0 saturated heterocycles. The Morgan fingerprint density at radius 2 is 1.97 bits per heavy atom. The number of carbonyl (C=O) groups excluding carboxylic acids is 1. The van der Waals surface area contributed by atoms with Crippen LogP contribution in [0.5, 0.6) is 0 Å². The number of aryl methyl sites for hydroxylation is 1. The van der Waals surface area contributed by atoms with Gasteiger partial charge in [0.05, 0.1) is 16.8 Å². The lowest BCUT2D eigenvalue weighted by Crippen LogP contribution is -2.25. The van der Waals surface area contributed by atoms with Gasteiger partial charge in [0.15, 0.2) is 0 Å². The van der Waals surface area contributed by atoms with Crippen molar-refractivity contribution in [1.29, 1.82) is 0 Å². The highest BCUT2D eigenvalue weighted by molar-refractivity contribution is 6.06. The van der Waals surface area contributed by atoms with Crippen molar-refractivity contribution < 1.29 is 4.79 Å². The van der Waals surface area contributed by atoms with Gasteiger partial charge >= 0.3 is 0 Å². The number of rotatable bonds is 7. The Morgan fingerprint density at radius 3 is 2.76 bits per heavy atom. The predicted molar refractivity (Wildman–Crippen MR) is 129 cm³/mol. The van der Waals surface area contributed by atoms with E-state index in [4.69, 9.17) is 0 Å². The molecule has 7 nitrogen and oxygen atoms in total. The molecule has 0 unspecified atom stereocenters. The minimum atomic E-state index is -0.0214. The predicted octanol–water partition coefficient (Wildman–Crippen LogP) is 4.50. The van der Waals surface area contributed by atoms with Crippen molar-refractivity contribution >= 4 is 22.6 Å². The third kappa shape index (κ3) is 4.67. The second-order valence-corrected chi connectivity index (χ2v) is 8.61. The highest BCUT2D eigenvalue weighted by Crippen LogP contribution is 2.28. The third-order valence-corrected chi connectivity index (χ3v) is 5.95. The number of benzene rings is 1. The number of aromatic nitrogens is 4. The van der Waals surface area contributed by atoms with Gasteiger partial charge in [0.1, 0.15) is 12.1 Å². The first kappa shape index (κ1) is 21.0. The lowest BCUT2D eigenvalue weighted by Gasteiger charge is -2.16. The van der Waals surface area contributed by atoms with E-state index in [0.717, 1.165) is 52.1 Å². The maximum Gasteiger partial charge on any atom is 0.252 e. The summed E-state index contributed by atoms with van der Waals surface area (Å²) in [6.07, 6.45) is 7.23. The van der Waals surface area contributed by atoms with E-state index < -0.39 is 0 Å². The lowest BCUT2D eigenvalue weighted by molar-refractivity contribution is 0.0952. The number of carbonyl (C=O) groups is 1. The molecule has 5 rings (SSSR count). The highest BCUT2D eigenvalue weighted by atomic mass is 16.1. The number of anilines is 1. The fourth-order valence-electron chi connectivity index (χ4n) is 3.88. The molecular weight excluding hydrogens is 412 g/mol. The van der Waals surface area contributed by atoms with Crippen LogP contribution in [0.4, 0.5) is 5.82 Å². The van der Waals surface area contributed by atoms with Gasteiger partial charge in [-0.2, -0.15) is 0 Å². The Hall–Kier alpha value is -3.87. The Morgan fingerprint density at radius 1 is 1.09 bits per heavy atom. The van der Waals surface area contributed by atoms with Crippen LogP contribution in [-0.4, -0.2) is 38.4 Å². The average Bonchev–Trinajstić information content (AvgIpc) is 3.66. The average molecular weight is 439 g/mol. The molecule has 1 aromatic carbocycles. The first-order valence-corrected chi connectivity index (χ1v) is 11.3. The topological polar surface area (TPSA) is 92.7 Å². The Labute approximate surface area is 192 Å². The highest BCUT2D eigenvalue weighted by Gasteiger charge is 2.25. The Kier molecular flexibility index (Phi) is 5.69. The van der Waals surface area contributed by atoms with Crippen LogP contribution in [0, 0.1) is 6.92 Å². The Balaban J connectivity index is 1.34. The molecule has 3 aromatic heterocycles. The molecule has 33 heavy (non-hydrogen) atoms. The molecule has 1 atom stereocenters. The normalized spacial score (nSPS) is 14.1. The van der Waals surface area contributed by atoms with E-state index in [9.17, 15) is 4.79 Å². The van der Waals surface area contributed by atoms with Crippen LogP contribution in [0.3, 0.4) is 0 Å². The molecule has 1 fully saturated rings. The molecule has 1 saturated carbocycles. The van der Waals surface area contributed by atoms with E-state index in [-0.39, 0.29) is 11.8 Å². The summed E-state index contributed by atoms with van der Waals surface area (Å²) in [7, 11) is 0. The summed E-state index contributed by atoms with van der Waals surface area (Å²) < 4.78 is 0. The van der Waals surface area contributed by atoms with Crippen molar-refractivity contribution in [3.05, 3.63) is 78.0 Å². The summed E-state index contributed by atoms with van der Waals surface area (Å²) in [6, 6.07) is 14.1. The van der Waals surface area contributed by atoms with Crippen molar-refractivity contribution in [1.82, 2.24) is 25.3 Å². The van der Waals surface area contributed by atoms with Gasteiger partial charge in [0, 0.05) is 53.6 Å². The van der Waals surface area contributed by atoms with Crippen LogP contribution in [-0.2, 0) is 0 Å². The first-order chi connectivity index (χ1) is 16.1. The fraction of sp³-hybridized carbons (Fsp3) is 0.269. The van der Waals surface area contributed by atoms with Crippen LogP contribution in [0.15, 0.2) is 61.2 Å². The van der Waals surface area contributed by atoms with E-state index in [1.54, 1.807) is 18.6 Å². The van der Waals surface area contributed by atoms with Gasteiger partial charge < -0.3 is 10.6 Å². The number of pyridine rings is 2. The van der Waals surface area contributed by atoms with E-state index in [1.165, 1.54) is 0 Å². The molecule has 1 amide bonds. The second-order valence-electron chi connectivity index (χ2n) is 8.61. The molecule has 1 aliphatic carbocycles. The molecule has 166 valence electrons. The number of amides is 1. The zero-order chi connectivity index (χ0) is 22.8. The summed E-state index contributed by atoms with van der Waals surface area (Å²) in [5.41, 5.74) is 5.39. The number of nitrogens with one attached hydrogen (secondary N) is 2. The van der Waals surface area contributed by atoms with Crippen LogP contribution in [0.1, 0.15) is 47.3 Å². The molecule has 1 aliphatic rings. The minimum absolute atomic E-state index is 0.0214. The summed E-state index contributed by atoms with van der Waals surface area (Å²) in [4.78, 5) is 30.4. The molecule has 0 aliphatic heterocycles. The molecule has 4 aromatic rings. The van der Waals surface area contributed by atoms with Crippen molar-refractivity contribution in [2.75, 3.05) is 11.9 Å². The van der Waals surface area contributed by atoms with E-state index >= 15 is 0 Å². The van der Waals surface area contributed by atoms with E-state index in [2.05, 4.69) is 43.6 Å². The SMILES string of the molecule is Cc1ccc(-c2cc(NC[C@@H](C)c3cccc4c(C(=O)NC5CC5)ccnc34)ncn2)cn1. The van der Waals surface area contributed by atoms with Gasteiger partial charge in [-0.15, -0.1) is 0 Å². The number of nitrogens with zero attached hydrogens (tertiary/aromatic N) is 4. The van der Waals surface area contributed by atoms with Crippen LogP contribution < -0.4 is 10.6 Å². The minimum Gasteiger partial charge on any atom is -0.369 e. The zero-order valence-electron chi connectivity index (χ0n) is 18.7. The van der Waals surface area contributed by atoms with Crippen molar-refractivity contribution in [3.63, 3.8) is 0 Å². The summed E-state index contributed by atoms with van der Waals surface area (Å²) in [5, 5.41) is 7.39. The number of hydrogen-bond acceptors (Lipinski definition) is 6. The standard InChI is InChI=1S/C26H26N6O/c1-16(13-29-24-12-23(30-15-31-24)18-7-6-17(2)28-14-18)20-4-3-5-21-22(10-11-27-25(20)21)26(33)32-19-8-9-19/h3-7,10-12,14-16,19H,8-9,13H2,1-2H3,(H,32,33)(H,29,30,31)/t16-/m1/s1. The molecule has 2 N–H and O–H groups in total. The smallest absolute Gasteiger partial charge is 0.252 e. The third-order valence-electron chi connectivity index (χ3n) is 5.95. The Bertz CT molecular complexity index is 1300. The maximum absolute atomic E-state index is 12.7. The summed E-state index contributed by atoms with van der Waals surface area (Å²) in [5.74, 6) is 0.888. The number of para-hydroxylation sites is 1. The van der Waals surface area contributed by atoms with Crippen LogP contribution in [0.25, 0.3) is 22.2 Å². The first-order valence-electron chi connectivity index (χ1n) is 11.3. The lowest BCUT2D eigenvalue weighted by atomic mass is 9.96. The van der Waals surface area contributed by atoms with Crippen LogP contribution in [0.2, 0.25) is 0 Å². The summed E-state index contributed by atoms with van der Waals surface area (Å²) >= 11 is 0. The molecule has 3 heterocycles.